The average Bonchev–Trinajstić information content (AvgIpc) is 2.28. The molecule has 0 radical (unpaired) electrons. The molecule has 1 atom stereocenters. The van der Waals surface area contributed by atoms with Gasteiger partial charge >= 0.3 is 0 Å². The molecule has 0 saturated carbocycles. The summed E-state index contributed by atoms with van der Waals surface area (Å²) in [6, 6.07) is 0. The van der Waals surface area contributed by atoms with Crippen molar-refractivity contribution in [3.63, 3.8) is 0 Å². The number of hydrogen-bond donors (Lipinski definition) is 1. The first-order valence-corrected chi connectivity index (χ1v) is 5.25. The highest BCUT2D eigenvalue weighted by molar-refractivity contribution is 4.93. The summed E-state index contributed by atoms with van der Waals surface area (Å²) >= 11 is 0. The third-order valence-corrected chi connectivity index (χ3v) is 3.19. The van der Waals surface area contributed by atoms with E-state index in [1.807, 2.05) is 0 Å². The molecule has 1 unspecified atom stereocenters. The van der Waals surface area contributed by atoms with Gasteiger partial charge in [0, 0.05) is 17.6 Å². The molecular formula is C11H24N2. The van der Waals surface area contributed by atoms with Gasteiger partial charge in [0.05, 0.1) is 0 Å². The largest absolute Gasteiger partial charge is 0.325 e. The van der Waals surface area contributed by atoms with Gasteiger partial charge in [0.25, 0.3) is 0 Å². The molecular weight excluding hydrogens is 160 g/mol. The van der Waals surface area contributed by atoms with E-state index < -0.39 is 0 Å². The molecule has 1 fully saturated rings. The lowest BCUT2D eigenvalue weighted by molar-refractivity contribution is 0.159. The van der Waals surface area contributed by atoms with E-state index in [-0.39, 0.29) is 5.54 Å². The summed E-state index contributed by atoms with van der Waals surface area (Å²) in [5.41, 5.74) is 6.41. The van der Waals surface area contributed by atoms with Gasteiger partial charge in [-0.3, -0.25) is 4.90 Å². The summed E-state index contributed by atoms with van der Waals surface area (Å²) in [5, 5.41) is 0. The maximum Gasteiger partial charge on any atom is 0.0138 e. The molecule has 0 aromatic rings. The Kier molecular flexibility index (Phi) is 2.75. The van der Waals surface area contributed by atoms with Gasteiger partial charge in [-0.15, -0.1) is 0 Å². The van der Waals surface area contributed by atoms with Crippen LogP contribution in [0.5, 0.6) is 0 Å². The van der Waals surface area contributed by atoms with Crippen LogP contribution in [0.3, 0.4) is 0 Å². The van der Waals surface area contributed by atoms with Crippen molar-refractivity contribution in [3.8, 4) is 0 Å². The zero-order valence-electron chi connectivity index (χ0n) is 9.72. The maximum absolute atomic E-state index is 6.12. The highest BCUT2D eigenvalue weighted by Gasteiger charge is 2.36. The predicted molar refractivity (Wildman–Crippen MR) is 57.7 cm³/mol. The number of likely N-dealkylation sites (tertiary alicyclic amines) is 1. The topological polar surface area (TPSA) is 29.3 Å². The van der Waals surface area contributed by atoms with Gasteiger partial charge in [-0.25, -0.2) is 0 Å². The van der Waals surface area contributed by atoms with Crippen LogP contribution in [0, 0.1) is 5.92 Å². The molecule has 0 aliphatic carbocycles. The molecule has 2 nitrogen and oxygen atoms in total. The second kappa shape index (κ2) is 3.25. The van der Waals surface area contributed by atoms with Crippen LogP contribution in [-0.2, 0) is 0 Å². The van der Waals surface area contributed by atoms with Crippen LogP contribution in [0.4, 0.5) is 0 Å². The third-order valence-electron chi connectivity index (χ3n) is 3.19. The Bertz CT molecular complexity index is 154. The second-order valence-corrected chi connectivity index (χ2v) is 5.92. The quantitative estimate of drug-likeness (QED) is 0.674. The van der Waals surface area contributed by atoms with E-state index in [0.29, 0.717) is 11.5 Å². The number of hydrogen-bond acceptors (Lipinski definition) is 2. The molecule has 0 bridgehead atoms. The van der Waals surface area contributed by atoms with Crippen molar-refractivity contribution >= 4 is 0 Å². The van der Waals surface area contributed by atoms with E-state index in [1.165, 1.54) is 13.0 Å². The molecule has 0 spiro atoms. The van der Waals surface area contributed by atoms with Crippen LogP contribution in [0.15, 0.2) is 0 Å². The van der Waals surface area contributed by atoms with Crippen LogP contribution >= 0.6 is 0 Å². The Morgan fingerprint density at radius 1 is 1.15 bits per heavy atom. The summed E-state index contributed by atoms with van der Waals surface area (Å²) in [6.45, 7) is 13.5. The van der Waals surface area contributed by atoms with E-state index in [1.54, 1.807) is 0 Å². The first kappa shape index (κ1) is 11.0. The van der Waals surface area contributed by atoms with Crippen molar-refractivity contribution in [2.45, 2.75) is 52.1 Å². The van der Waals surface area contributed by atoms with Gasteiger partial charge in [0.1, 0.15) is 0 Å². The minimum absolute atomic E-state index is 0.0139. The lowest BCUT2D eigenvalue weighted by atomic mass is 9.88. The second-order valence-electron chi connectivity index (χ2n) is 5.92. The van der Waals surface area contributed by atoms with Crippen molar-refractivity contribution in [2.75, 3.05) is 13.1 Å². The maximum atomic E-state index is 6.12. The zero-order chi connectivity index (χ0) is 10.3. The van der Waals surface area contributed by atoms with Gasteiger partial charge in [-0.1, -0.05) is 0 Å². The standard InChI is InChI=1S/C11H24N2/c1-10(2,3)13-7-6-9(8-13)11(4,5)12/h9H,6-8,12H2,1-5H3. The fourth-order valence-corrected chi connectivity index (χ4v) is 1.98. The summed E-state index contributed by atoms with van der Waals surface area (Å²) < 4.78 is 0. The lowest BCUT2D eigenvalue weighted by Gasteiger charge is -2.33. The molecule has 0 aromatic carbocycles. The van der Waals surface area contributed by atoms with Gasteiger partial charge in [0.15, 0.2) is 0 Å². The smallest absolute Gasteiger partial charge is 0.0138 e. The predicted octanol–water partition coefficient (Wildman–Crippen LogP) is 1.84. The zero-order valence-corrected chi connectivity index (χ0v) is 9.72. The van der Waals surface area contributed by atoms with Gasteiger partial charge in [-0.2, -0.15) is 0 Å². The van der Waals surface area contributed by atoms with Crippen LogP contribution in [0.1, 0.15) is 41.0 Å². The average molecular weight is 184 g/mol. The fraction of sp³-hybridized carbons (Fsp3) is 1.00. The Labute approximate surface area is 82.5 Å². The molecule has 2 N–H and O–H groups in total. The lowest BCUT2D eigenvalue weighted by Crippen LogP contribution is -2.45. The highest BCUT2D eigenvalue weighted by Crippen LogP contribution is 2.29. The Hall–Kier alpha value is -0.0800. The van der Waals surface area contributed by atoms with E-state index in [9.17, 15) is 0 Å². The van der Waals surface area contributed by atoms with Crippen molar-refractivity contribution in [1.82, 2.24) is 4.90 Å². The molecule has 0 aromatic heterocycles. The van der Waals surface area contributed by atoms with Crippen molar-refractivity contribution in [3.05, 3.63) is 0 Å². The van der Waals surface area contributed by atoms with Crippen molar-refractivity contribution < 1.29 is 0 Å². The van der Waals surface area contributed by atoms with Gasteiger partial charge in [-0.05, 0) is 53.5 Å². The normalized spacial score (nSPS) is 26.8. The van der Waals surface area contributed by atoms with Gasteiger partial charge in [0.2, 0.25) is 0 Å². The Morgan fingerprint density at radius 3 is 1.92 bits per heavy atom. The number of nitrogens with zero attached hydrogens (tertiary/aromatic N) is 1. The highest BCUT2D eigenvalue weighted by atomic mass is 15.2. The van der Waals surface area contributed by atoms with Crippen LogP contribution in [0.2, 0.25) is 0 Å². The molecule has 0 amide bonds. The molecule has 1 aliphatic rings. The van der Waals surface area contributed by atoms with Crippen molar-refractivity contribution in [2.24, 2.45) is 11.7 Å². The Morgan fingerprint density at radius 2 is 1.69 bits per heavy atom. The number of rotatable bonds is 1. The SMILES string of the molecule is CC(C)(N)C1CCN(C(C)(C)C)C1. The molecule has 2 heteroatoms. The summed E-state index contributed by atoms with van der Waals surface area (Å²) in [5.74, 6) is 0.659. The molecule has 1 rings (SSSR count). The molecule has 13 heavy (non-hydrogen) atoms. The Balaban J connectivity index is 2.55. The van der Waals surface area contributed by atoms with Crippen LogP contribution < -0.4 is 5.73 Å². The first-order chi connectivity index (χ1) is 5.71. The first-order valence-electron chi connectivity index (χ1n) is 5.25. The van der Waals surface area contributed by atoms with Crippen LogP contribution in [-0.4, -0.2) is 29.1 Å². The summed E-state index contributed by atoms with van der Waals surface area (Å²) in [4.78, 5) is 2.53. The summed E-state index contributed by atoms with van der Waals surface area (Å²) in [6.07, 6.45) is 1.25. The van der Waals surface area contributed by atoms with Crippen LogP contribution in [0.25, 0.3) is 0 Å². The fourth-order valence-electron chi connectivity index (χ4n) is 1.98. The van der Waals surface area contributed by atoms with E-state index >= 15 is 0 Å². The number of nitrogens with two attached hydrogens (primary N) is 1. The van der Waals surface area contributed by atoms with Crippen molar-refractivity contribution in [1.29, 1.82) is 0 Å². The molecule has 78 valence electrons. The van der Waals surface area contributed by atoms with E-state index in [0.717, 1.165) is 6.54 Å². The van der Waals surface area contributed by atoms with E-state index in [4.69, 9.17) is 5.73 Å². The minimum Gasteiger partial charge on any atom is -0.325 e. The summed E-state index contributed by atoms with van der Waals surface area (Å²) in [7, 11) is 0. The monoisotopic (exact) mass is 184 g/mol. The van der Waals surface area contributed by atoms with Gasteiger partial charge < -0.3 is 5.73 Å². The third kappa shape index (κ3) is 2.68. The molecule has 1 aliphatic heterocycles. The van der Waals surface area contributed by atoms with E-state index in [2.05, 4.69) is 39.5 Å². The minimum atomic E-state index is -0.0139. The molecule has 1 heterocycles. The molecule has 1 saturated heterocycles.